The van der Waals surface area contributed by atoms with E-state index in [-0.39, 0.29) is 24.5 Å². The van der Waals surface area contributed by atoms with Crippen molar-refractivity contribution in [3.8, 4) is 0 Å². The van der Waals surface area contributed by atoms with E-state index < -0.39 is 0 Å². The Kier molecular flexibility index (Phi) is 4.40. The predicted molar refractivity (Wildman–Crippen MR) is 74.5 cm³/mol. The highest BCUT2D eigenvalue weighted by Crippen LogP contribution is 2.25. The van der Waals surface area contributed by atoms with Crippen LogP contribution in [0.4, 0.5) is 0 Å². The normalized spacial score (nSPS) is 24.1. The summed E-state index contributed by atoms with van der Waals surface area (Å²) in [5.41, 5.74) is 0.697. The molecule has 1 N–H and O–H groups in total. The first-order valence-electron chi connectivity index (χ1n) is 6.30. The molecule has 1 aliphatic rings. The fourth-order valence-corrected chi connectivity index (χ4v) is 2.86. The molecule has 2 atom stereocenters. The van der Waals surface area contributed by atoms with Crippen molar-refractivity contribution in [2.75, 3.05) is 13.2 Å². The highest BCUT2D eigenvalue weighted by Gasteiger charge is 2.29. The number of rotatable bonds is 2. The third-order valence-electron chi connectivity index (χ3n) is 3.60. The molecule has 0 bridgehead atoms. The summed E-state index contributed by atoms with van der Waals surface area (Å²) in [6, 6.07) is 7.73. The molecule has 2 unspecified atom stereocenters. The third-order valence-corrected chi connectivity index (χ3v) is 4.29. The van der Waals surface area contributed by atoms with Crippen LogP contribution in [0.25, 0.3) is 0 Å². The number of hydrogen-bond donors (Lipinski definition) is 1. The molecular weight excluding hydrogens is 294 g/mol. The molecule has 18 heavy (non-hydrogen) atoms. The van der Waals surface area contributed by atoms with Crippen molar-refractivity contribution in [3.05, 3.63) is 34.3 Å². The van der Waals surface area contributed by atoms with Gasteiger partial charge in [0.2, 0.25) is 0 Å². The van der Waals surface area contributed by atoms with Gasteiger partial charge in [-0.2, -0.15) is 0 Å². The van der Waals surface area contributed by atoms with Crippen molar-refractivity contribution in [2.45, 2.75) is 25.8 Å². The van der Waals surface area contributed by atoms with Crippen LogP contribution >= 0.6 is 15.9 Å². The van der Waals surface area contributed by atoms with Gasteiger partial charge in [-0.05, 0) is 53.7 Å². The summed E-state index contributed by atoms with van der Waals surface area (Å²) < 4.78 is 0.827. The maximum absolute atomic E-state index is 12.5. The minimum Gasteiger partial charge on any atom is -0.396 e. The van der Waals surface area contributed by atoms with Gasteiger partial charge >= 0.3 is 0 Å². The Morgan fingerprint density at radius 1 is 1.44 bits per heavy atom. The summed E-state index contributed by atoms with van der Waals surface area (Å²) >= 11 is 3.42. The molecule has 0 radical (unpaired) electrons. The van der Waals surface area contributed by atoms with Crippen molar-refractivity contribution in [1.82, 2.24) is 4.90 Å². The van der Waals surface area contributed by atoms with Gasteiger partial charge < -0.3 is 10.0 Å². The fraction of sp³-hybridized carbons (Fsp3) is 0.500. The molecule has 0 spiro atoms. The summed E-state index contributed by atoms with van der Waals surface area (Å²) in [6.45, 7) is 2.88. The number of benzene rings is 1. The van der Waals surface area contributed by atoms with Crippen LogP contribution in [0, 0.1) is 5.92 Å². The summed E-state index contributed by atoms with van der Waals surface area (Å²) in [7, 11) is 0. The molecule has 1 aromatic carbocycles. The lowest BCUT2D eigenvalue weighted by molar-refractivity contribution is 0.0488. The maximum atomic E-state index is 12.5. The van der Waals surface area contributed by atoms with Crippen LogP contribution in [0.5, 0.6) is 0 Å². The van der Waals surface area contributed by atoms with E-state index in [1.165, 1.54) is 0 Å². The molecular formula is C14H18BrNO2. The van der Waals surface area contributed by atoms with E-state index >= 15 is 0 Å². The monoisotopic (exact) mass is 311 g/mol. The molecule has 98 valence electrons. The first-order valence-corrected chi connectivity index (χ1v) is 7.09. The summed E-state index contributed by atoms with van der Waals surface area (Å²) in [4.78, 5) is 14.4. The molecule has 1 amide bonds. The molecule has 1 fully saturated rings. The zero-order chi connectivity index (χ0) is 13.1. The minimum absolute atomic E-state index is 0.0492. The van der Waals surface area contributed by atoms with Crippen molar-refractivity contribution in [1.29, 1.82) is 0 Å². The van der Waals surface area contributed by atoms with Gasteiger partial charge in [0.05, 0.1) is 5.56 Å². The number of halogens is 1. The van der Waals surface area contributed by atoms with Gasteiger partial charge in [-0.1, -0.05) is 12.1 Å². The van der Waals surface area contributed by atoms with Crippen molar-refractivity contribution < 1.29 is 9.90 Å². The molecule has 1 saturated heterocycles. The van der Waals surface area contributed by atoms with E-state index in [1.54, 1.807) is 0 Å². The zero-order valence-electron chi connectivity index (χ0n) is 10.5. The lowest BCUT2D eigenvalue weighted by Crippen LogP contribution is -2.46. The van der Waals surface area contributed by atoms with Gasteiger partial charge in [0, 0.05) is 23.7 Å². The van der Waals surface area contributed by atoms with Crippen LogP contribution < -0.4 is 0 Å². The molecule has 1 aliphatic heterocycles. The van der Waals surface area contributed by atoms with Gasteiger partial charge in [0.25, 0.3) is 5.91 Å². The number of likely N-dealkylation sites (tertiary alicyclic amines) is 1. The number of piperidine rings is 1. The molecule has 3 nitrogen and oxygen atoms in total. The Balaban J connectivity index is 2.19. The van der Waals surface area contributed by atoms with Gasteiger partial charge in [-0.25, -0.2) is 0 Å². The van der Waals surface area contributed by atoms with Gasteiger partial charge in [0.15, 0.2) is 0 Å². The van der Waals surface area contributed by atoms with Gasteiger partial charge in [-0.15, -0.1) is 0 Å². The smallest absolute Gasteiger partial charge is 0.255 e. The number of carbonyl (C=O) groups excluding carboxylic acids is 1. The quantitative estimate of drug-likeness (QED) is 0.912. The number of carbonyl (C=O) groups is 1. The first kappa shape index (κ1) is 13.6. The highest BCUT2D eigenvalue weighted by molar-refractivity contribution is 9.10. The number of aliphatic hydroxyl groups excluding tert-OH is 1. The van der Waals surface area contributed by atoms with E-state index in [1.807, 2.05) is 29.2 Å². The standard InChI is InChI=1S/C14H18BrNO2/c1-10-6-7-11(9-17)8-16(10)14(18)12-4-2-3-5-13(12)15/h2-5,10-11,17H,6-9H2,1H3. The zero-order valence-corrected chi connectivity index (χ0v) is 12.1. The molecule has 4 heteroatoms. The number of hydrogen-bond acceptors (Lipinski definition) is 2. The first-order chi connectivity index (χ1) is 8.63. The minimum atomic E-state index is 0.0492. The molecule has 0 aliphatic carbocycles. The van der Waals surface area contributed by atoms with E-state index in [2.05, 4.69) is 22.9 Å². The number of amides is 1. The Hall–Kier alpha value is -0.870. The molecule has 1 heterocycles. The summed E-state index contributed by atoms with van der Waals surface area (Å²) in [5.74, 6) is 0.265. The Morgan fingerprint density at radius 3 is 2.83 bits per heavy atom. The Labute approximate surface area is 116 Å². The second kappa shape index (κ2) is 5.85. The van der Waals surface area contributed by atoms with Crippen LogP contribution in [0.1, 0.15) is 30.1 Å². The van der Waals surface area contributed by atoms with Crippen LogP contribution in [0.3, 0.4) is 0 Å². The van der Waals surface area contributed by atoms with E-state index in [0.717, 1.165) is 17.3 Å². The molecule has 0 saturated carbocycles. The number of nitrogens with zero attached hydrogens (tertiary/aromatic N) is 1. The largest absolute Gasteiger partial charge is 0.396 e. The molecule has 0 aromatic heterocycles. The van der Waals surface area contributed by atoms with Gasteiger partial charge in [-0.3, -0.25) is 4.79 Å². The van der Waals surface area contributed by atoms with Crippen LogP contribution in [0.2, 0.25) is 0 Å². The average Bonchev–Trinajstić information content (AvgIpc) is 2.39. The van der Waals surface area contributed by atoms with Crippen LogP contribution in [-0.2, 0) is 0 Å². The third kappa shape index (κ3) is 2.75. The SMILES string of the molecule is CC1CCC(CO)CN1C(=O)c1ccccc1Br. The van der Waals surface area contributed by atoms with E-state index in [9.17, 15) is 9.90 Å². The second-order valence-corrected chi connectivity index (χ2v) is 5.77. The predicted octanol–water partition coefficient (Wildman–Crippen LogP) is 2.68. The van der Waals surface area contributed by atoms with Crippen LogP contribution in [0.15, 0.2) is 28.7 Å². The summed E-state index contributed by atoms with van der Waals surface area (Å²) in [5, 5.41) is 9.25. The van der Waals surface area contributed by atoms with Crippen molar-refractivity contribution >= 4 is 21.8 Å². The van der Waals surface area contributed by atoms with E-state index in [0.29, 0.717) is 12.1 Å². The molecule has 2 rings (SSSR count). The Bertz CT molecular complexity index is 436. The molecule has 1 aromatic rings. The van der Waals surface area contributed by atoms with E-state index in [4.69, 9.17) is 0 Å². The highest BCUT2D eigenvalue weighted by atomic mass is 79.9. The maximum Gasteiger partial charge on any atom is 0.255 e. The van der Waals surface area contributed by atoms with Crippen molar-refractivity contribution in [2.24, 2.45) is 5.92 Å². The second-order valence-electron chi connectivity index (χ2n) is 4.91. The topological polar surface area (TPSA) is 40.5 Å². The Morgan fingerprint density at radius 2 is 2.17 bits per heavy atom. The average molecular weight is 312 g/mol. The summed E-state index contributed by atoms with van der Waals surface area (Å²) in [6.07, 6.45) is 1.96. The van der Waals surface area contributed by atoms with Crippen molar-refractivity contribution in [3.63, 3.8) is 0 Å². The lowest BCUT2D eigenvalue weighted by Gasteiger charge is -2.37. The van der Waals surface area contributed by atoms with Crippen LogP contribution in [-0.4, -0.2) is 35.1 Å². The number of aliphatic hydroxyl groups is 1. The lowest BCUT2D eigenvalue weighted by atomic mass is 9.93. The van der Waals surface area contributed by atoms with Gasteiger partial charge in [0.1, 0.15) is 0 Å². The fourth-order valence-electron chi connectivity index (χ4n) is 2.40.